The number of amides is 2. The Morgan fingerprint density at radius 3 is 2.56 bits per heavy atom. The van der Waals surface area contributed by atoms with Crippen LogP contribution in [0.3, 0.4) is 0 Å². The van der Waals surface area contributed by atoms with E-state index in [1.165, 1.54) is 0 Å². The number of benzene rings is 1. The minimum absolute atomic E-state index is 0.0334. The van der Waals surface area contributed by atoms with E-state index in [1.54, 1.807) is 23.2 Å². The fourth-order valence-electron chi connectivity index (χ4n) is 4.70. The first-order chi connectivity index (χ1) is 17.1. The number of aromatic nitrogens is 2. The molecule has 1 aliphatic heterocycles. The molecule has 2 aromatic heterocycles. The van der Waals surface area contributed by atoms with Gasteiger partial charge in [0.2, 0.25) is 11.8 Å². The molecule has 0 bridgehead atoms. The standard InChI is InChI=1S/C28H29FN4O3/c1-28(2,3)27(36)33-14-21-24(22(34)15-33)19(11-16-7-5-4-6-8-16)25(31-21)17-9-10-30-23(12-17)32-26(35)18-13-20(18)29/h4-10,12,18,20,31H,11,13-15H2,1-3H3,(H,30,32,35)/t18-,20+/m1/s1. The van der Waals surface area contributed by atoms with Gasteiger partial charge in [0.25, 0.3) is 0 Å². The number of hydrogen-bond acceptors (Lipinski definition) is 4. The van der Waals surface area contributed by atoms with Crippen LogP contribution in [0.15, 0.2) is 48.7 Å². The van der Waals surface area contributed by atoms with Crippen LogP contribution in [0.4, 0.5) is 10.2 Å². The Morgan fingerprint density at radius 2 is 1.89 bits per heavy atom. The topological polar surface area (TPSA) is 95.2 Å². The van der Waals surface area contributed by atoms with E-state index in [9.17, 15) is 18.8 Å². The van der Waals surface area contributed by atoms with Gasteiger partial charge in [0, 0.05) is 34.9 Å². The first kappa shape index (κ1) is 23.9. The third-order valence-corrected chi connectivity index (χ3v) is 6.65. The highest BCUT2D eigenvalue weighted by Crippen LogP contribution is 2.37. The number of Topliss-reactive ketones (excluding diaryl/α,β-unsaturated/α-hetero) is 1. The third-order valence-electron chi connectivity index (χ3n) is 6.65. The lowest BCUT2D eigenvalue weighted by Crippen LogP contribution is -2.44. The molecular formula is C28H29FN4O3. The number of carbonyl (C=O) groups excluding carboxylic acids is 3. The van der Waals surface area contributed by atoms with Gasteiger partial charge in [-0.1, -0.05) is 51.1 Å². The Kier molecular flexibility index (Phi) is 5.98. The molecule has 3 aromatic rings. The molecule has 1 aromatic carbocycles. The molecule has 5 rings (SSSR count). The van der Waals surface area contributed by atoms with E-state index >= 15 is 0 Å². The summed E-state index contributed by atoms with van der Waals surface area (Å²) in [6.07, 6.45) is 1.25. The van der Waals surface area contributed by atoms with Crippen molar-refractivity contribution in [3.63, 3.8) is 0 Å². The van der Waals surface area contributed by atoms with Crippen LogP contribution < -0.4 is 5.32 Å². The molecule has 186 valence electrons. The maximum Gasteiger partial charge on any atom is 0.231 e. The summed E-state index contributed by atoms with van der Waals surface area (Å²) in [5.41, 5.74) is 4.10. The predicted octanol–water partition coefficient (Wildman–Crippen LogP) is 4.54. The number of fused-ring (bicyclic) bond motifs is 1. The van der Waals surface area contributed by atoms with Crippen molar-refractivity contribution in [2.45, 2.75) is 46.3 Å². The zero-order valence-corrected chi connectivity index (χ0v) is 20.6. The van der Waals surface area contributed by atoms with Gasteiger partial charge in [-0.25, -0.2) is 9.37 Å². The van der Waals surface area contributed by atoms with Crippen molar-refractivity contribution >= 4 is 23.4 Å². The van der Waals surface area contributed by atoms with Gasteiger partial charge in [0.15, 0.2) is 5.78 Å². The van der Waals surface area contributed by atoms with Crippen molar-refractivity contribution in [1.29, 1.82) is 0 Å². The molecular weight excluding hydrogens is 459 g/mol. The summed E-state index contributed by atoms with van der Waals surface area (Å²) in [5.74, 6) is -0.861. The van der Waals surface area contributed by atoms with Crippen LogP contribution in [0.1, 0.15) is 54.4 Å². The molecule has 3 heterocycles. The van der Waals surface area contributed by atoms with Crippen molar-refractivity contribution in [1.82, 2.24) is 14.9 Å². The molecule has 0 radical (unpaired) electrons. The van der Waals surface area contributed by atoms with Crippen LogP contribution in [-0.2, 0) is 22.6 Å². The Labute approximate surface area is 209 Å². The molecule has 2 N–H and O–H groups in total. The fraction of sp³-hybridized carbons (Fsp3) is 0.357. The predicted molar refractivity (Wildman–Crippen MR) is 134 cm³/mol. The van der Waals surface area contributed by atoms with E-state index in [0.717, 1.165) is 22.4 Å². The molecule has 7 nitrogen and oxygen atoms in total. The molecule has 0 unspecified atom stereocenters. The number of nitrogens with one attached hydrogen (secondary N) is 2. The molecule has 2 amide bonds. The quantitative estimate of drug-likeness (QED) is 0.552. The van der Waals surface area contributed by atoms with E-state index in [0.29, 0.717) is 30.0 Å². The first-order valence-corrected chi connectivity index (χ1v) is 12.1. The summed E-state index contributed by atoms with van der Waals surface area (Å²) >= 11 is 0. The summed E-state index contributed by atoms with van der Waals surface area (Å²) in [6.45, 7) is 5.88. The maximum absolute atomic E-state index is 13.4. The second-order valence-electron chi connectivity index (χ2n) is 10.6. The third kappa shape index (κ3) is 4.67. The lowest BCUT2D eigenvalue weighted by molar-refractivity contribution is -0.139. The van der Waals surface area contributed by atoms with Crippen LogP contribution >= 0.6 is 0 Å². The lowest BCUT2D eigenvalue weighted by atomic mass is 9.91. The molecule has 2 atom stereocenters. The number of halogens is 1. The zero-order chi connectivity index (χ0) is 25.6. The van der Waals surface area contributed by atoms with E-state index < -0.39 is 17.5 Å². The number of rotatable bonds is 5. The highest BCUT2D eigenvalue weighted by Gasteiger charge is 2.43. The van der Waals surface area contributed by atoms with Crippen molar-refractivity contribution in [3.8, 4) is 11.3 Å². The number of H-pyrrole nitrogens is 1. The highest BCUT2D eigenvalue weighted by atomic mass is 19.1. The Morgan fingerprint density at radius 1 is 1.17 bits per heavy atom. The van der Waals surface area contributed by atoms with Gasteiger partial charge in [-0.3, -0.25) is 14.4 Å². The van der Waals surface area contributed by atoms with Crippen LogP contribution in [0.5, 0.6) is 0 Å². The molecule has 1 fully saturated rings. The summed E-state index contributed by atoms with van der Waals surface area (Å²) in [7, 11) is 0. The number of ketones is 1. The Balaban J connectivity index is 1.54. The summed E-state index contributed by atoms with van der Waals surface area (Å²) in [6, 6.07) is 13.4. The zero-order valence-electron chi connectivity index (χ0n) is 20.6. The summed E-state index contributed by atoms with van der Waals surface area (Å²) in [4.78, 5) is 47.8. The molecule has 2 aliphatic rings. The molecule has 0 spiro atoms. The minimum Gasteiger partial charge on any atom is -0.356 e. The van der Waals surface area contributed by atoms with Crippen LogP contribution in [0, 0.1) is 11.3 Å². The number of pyridine rings is 1. The van der Waals surface area contributed by atoms with Crippen molar-refractivity contribution in [2.24, 2.45) is 11.3 Å². The van der Waals surface area contributed by atoms with Gasteiger partial charge in [-0.2, -0.15) is 0 Å². The number of nitrogens with zero attached hydrogens (tertiary/aromatic N) is 2. The van der Waals surface area contributed by atoms with Crippen molar-refractivity contribution in [3.05, 3.63) is 71.0 Å². The molecule has 8 heteroatoms. The molecule has 1 aliphatic carbocycles. The smallest absolute Gasteiger partial charge is 0.231 e. The van der Waals surface area contributed by atoms with E-state index in [2.05, 4.69) is 15.3 Å². The van der Waals surface area contributed by atoms with Gasteiger partial charge in [0.05, 0.1) is 24.7 Å². The number of alkyl halides is 1. The minimum atomic E-state index is -1.09. The van der Waals surface area contributed by atoms with Crippen molar-refractivity contribution in [2.75, 3.05) is 11.9 Å². The van der Waals surface area contributed by atoms with Gasteiger partial charge in [-0.05, 0) is 29.7 Å². The maximum atomic E-state index is 13.4. The SMILES string of the molecule is CC(C)(C)C(=O)N1CC(=O)c2c([nH]c(-c3ccnc(NC(=O)[C@@H]4C[C@@H]4F)c3)c2Cc2ccccc2)C1. The largest absolute Gasteiger partial charge is 0.356 e. The van der Waals surface area contributed by atoms with E-state index in [-0.39, 0.29) is 30.6 Å². The van der Waals surface area contributed by atoms with Crippen LogP contribution in [0.25, 0.3) is 11.3 Å². The fourth-order valence-corrected chi connectivity index (χ4v) is 4.70. The van der Waals surface area contributed by atoms with E-state index in [4.69, 9.17) is 0 Å². The normalized spacial score (nSPS) is 19.1. The molecule has 36 heavy (non-hydrogen) atoms. The summed E-state index contributed by atoms with van der Waals surface area (Å²) < 4.78 is 13.3. The lowest BCUT2D eigenvalue weighted by Gasteiger charge is -2.31. The highest BCUT2D eigenvalue weighted by molar-refractivity contribution is 6.05. The average Bonchev–Trinajstić information content (AvgIpc) is 3.46. The van der Waals surface area contributed by atoms with Gasteiger partial charge in [-0.15, -0.1) is 0 Å². The second-order valence-corrected chi connectivity index (χ2v) is 10.6. The Bertz CT molecular complexity index is 1340. The number of carbonyl (C=O) groups is 3. The van der Waals surface area contributed by atoms with Gasteiger partial charge in [0.1, 0.15) is 12.0 Å². The number of aromatic amines is 1. The Hall–Kier alpha value is -3.81. The monoisotopic (exact) mass is 488 g/mol. The molecule has 0 saturated heterocycles. The summed E-state index contributed by atoms with van der Waals surface area (Å²) in [5, 5.41) is 2.70. The first-order valence-electron chi connectivity index (χ1n) is 12.1. The van der Waals surface area contributed by atoms with Gasteiger partial charge >= 0.3 is 0 Å². The second kappa shape index (κ2) is 9.00. The van der Waals surface area contributed by atoms with Crippen LogP contribution in [-0.4, -0.2) is 45.2 Å². The van der Waals surface area contributed by atoms with Crippen LogP contribution in [0.2, 0.25) is 0 Å². The number of anilines is 1. The molecule has 1 saturated carbocycles. The van der Waals surface area contributed by atoms with Gasteiger partial charge < -0.3 is 15.2 Å². The average molecular weight is 489 g/mol. The van der Waals surface area contributed by atoms with E-state index in [1.807, 2.05) is 51.1 Å². The number of hydrogen-bond donors (Lipinski definition) is 2. The van der Waals surface area contributed by atoms with Crippen molar-refractivity contribution < 1.29 is 18.8 Å².